The van der Waals surface area contributed by atoms with E-state index in [0.29, 0.717) is 36.5 Å². The van der Waals surface area contributed by atoms with Crippen LogP contribution in [0.5, 0.6) is 0 Å². The van der Waals surface area contributed by atoms with Crippen LogP contribution in [0, 0.1) is 28.6 Å². The predicted molar refractivity (Wildman–Crippen MR) is 90.6 cm³/mol. The summed E-state index contributed by atoms with van der Waals surface area (Å²) >= 11 is 0. The summed E-state index contributed by atoms with van der Waals surface area (Å²) in [7, 11) is 0. The number of rotatable bonds is 5. The number of aryl methyl sites for hydroxylation is 1. The third-order valence-corrected chi connectivity index (χ3v) is 4.91. The van der Waals surface area contributed by atoms with Crippen LogP contribution in [0.25, 0.3) is 0 Å². The molecule has 1 aliphatic rings. The molecule has 5 heteroatoms. The van der Waals surface area contributed by atoms with Crippen molar-refractivity contribution in [1.82, 2.24) is 9.78 Å². The SMILES string of the molecule is CC(C)(C)C1CCC(CC(=O)Nc2ccn(CCC#N)n2)CC1. The molecule has 0 bridgehead atoms. The zero-order valence-corrected chi connectivity index (χ0v) is 14.5. The number of carbonyl (C=O) groups excluding carboxylic acids is 1. The van der Waals surface area contributed by atoms with Crippen molar-refractivity contribution >= 4 is 11.7 Å². The van der Waals surface area contributed by atoms with Crippen LogP contribution in [0.3, 0.4) is 0 Å². The van der Waals surface area contributed by atoms with Gasteiger partial charge in [-0.3, -0.25) is 9.48 Å². The second kappa shape index (κ2) is 7.63. The molecule has 0 aromatic carbocycles. The molecular formula is C18H28N4O. The molecule has 1 saturated carbocycles. The summed E-state index contributed by atoms with van der Waals surface area (Å²) < 4.78 is 1.69. The first kappa shape index (κ1) is 17.5. The fourth-order valence-electron chi connectivity index (χ4n) is 3.41. The number of carbonyl (C=O) groups is 1. The van der Waals surface area contributed by atoms with Crippen molar-refractivity contribution in [3.05, 3.63) is 12.3 Å². The largest absolute Gasteiger partial charge is 0.309 e. The van der Waals surface area contributed by atoms with Crippen molar-refractivity contribution in [2.45, 2.75) is 65.8 Å². The Kier molecular flexibility index (Phi) is 5.81. The highest BCUT2D eigenvalue weighted by Crippen LogP contribution is 2.40. The second-order valence-electron chi connectivity index (χ2n) is 7.71. The number of hydrogen-bond donors (Lipinski definition) is 1. The summed E-state index contributed by atoms with van der Waals surface area (Å²) in [5.41, 5.74) is 0.378. The van der Waals surface area contributed by atoms with Crippen molar-refractivity contribution < 1.29 is 4.79 Å². The Morgan fingerprint density at radius 2 is 2.09 bits per heavy atom. The van der Waals surface area contributed by atoms with Gasteiger partial charge in [-0.15, -0.1) is 0 Å². The number of nitrogens with one attached hydrogen (secondary N) is 1. The summed E-state index contributed by atoms with van der Waals surface area (Å²) in [6.07, 6.45) is 7.54. The molecular weight excluding hydrogens is 288 g/mol. The molecule has 1 aromatic rings. The Labute approximate surface area is 139 Å². The minimum Gasteiger partial charge on any atom is -0.309 e. The van der Waals surface area contributed by atoms with Crippen LogP contribution in [0.4, 0.5) is 5.82 Å². The molecule has 0 spiro atoms. The van der Waals surface area contributed by atoms with E-state index in [4.69, 9.17) is 5.26 Å². The Morgan fingerprint density at radius 3 is 2.70 bits per heavy atom. The van der Waals surface area contributed by atoms with E-state index in [9.17, 15) is 4.79 Å². The summed E-state index contributed by atoms with van der Waals surface area (Å²) in [4.78, 5) is 12.2. The zero-order chi connectivity index (χ0) is 16.9. The monoisotopic (exact) mass is 316 g/mol. The predicted octanol–water partition coefficient (Wildman–Crippen LogP) is 3.98. The van der Waals surface area contributed by atoms with Gasteiger partial charge in [0, 0.05) is 18.7 Å². The molecule has 0 aliphatic heterocycles. The maximum Gasteiger partial charge on any atom is 0.225 e. The summed E-state index contributed by atoms with van der Waals surface area (Å²) in [6.45, 7) is 7.50. The van der Waals surface area contributed by atoms with Gasteiger partial charge >= 0.3 is 0 Å². The highest BCUT2D eigenvalue weighted by Gasteiger charge is 2.30. The first-order valence-electron chi connectivity index (χ1n) is 8.58. The topological polar surface area (TPSA) is 70.7 Å². The fourth-order valence-corrected chi connectivity index (χ4v) is 3.41. The molecule has 0 atom stereocenters. The molecule has 0 unspecified atom stereocenters. The van der Waals surface area contributed by atoms with Crippen molar-refractivity contribution in [2.75, 3.05) is 5.32 Å². The molecule has 1 N–H and O–H groups in total. The quantitative estimate of drug-likeness (QED) is 0.893. The lowest BCUT2D eigenvalue weighted by molar-refractivity contribution is -0.117. The lowest BCUT2D eigenvalue weighted by atomic mass is 9.69. The number of aromatic nitrogens is 2. The van der Waals surface area contributed by atoms with E-state index in [1.165, 1.54) is 12.8 Å². The maximum absolute atomic E-state index is 12.2. The molecule has 2 rings (SSSR count). The van der Waals surface area contributed by atoms with E-state index < -0.39 is 0 Å². The van der Waals surface area contributed by atoms with E-state index in [2.05, 4.69) is 37.3 Å². The molecule has 1 heterocycles. The Balaban J connectivity index is 1.75. The molecule has 0 saturated heterocycles. The number of nitriles is 1. The van der Waals surface area contributed by atoms with E-state index in [-0.39, 0.29) is 5.91 Å². The van der Waals surface area contributed by atoms with E-state index in [0.717, 1.165) is 18.8 Å². The van der Waals surface area contributed by atoms with Gasteiger partial charge in [-0.05, 0) is 42.9 Å². The molecule has 1 aromatic heterocycles. The van der Waals surface area contributed by atoms with Crippen molar-refractivity contribution in [3.8, 4) is 6.07 Å². The molecule has 5 nitrogen and oxygen atoms in total. The summed E-state index contributed by atoms with van der Waals surface area (Å²) in [5.74, 6) is 1.90. The maximum atomic E-state index is 12.2. The minimum atomic E-state index is 0.0507. The average Bonchev–Trinajstić information content (AvgIpc) is 2.92. The summed E-state index contributed by atoms with van der Waals surface area (Å²) in [6, 6.07) is 3.87. The van der Waals surface area contributed by atoms with Crippen LogP contribution in [0.2, 0.25) is 0 Å². The van der Waals surface area contributed by atoms with Gasteiger partial charge in [-0.2, -0.15) is 10.4 Å². The van der Waals surface area contributed by atoms with Crippen LogP contribution < -0.4 is 5.32 Å². The second-order valence-corrected chi connectivity index (χ2v) is 7.71. The van der Waals surface area contributed by atoms with Gasteiger partial charge in [-0.25, -0.2) is 0 Å². The lowest BCUT2D eigenvalue weighted by Gasteiger charge is -2.36. The first-order valence-corrected chi connectivity index (χ1v) is 8.58. The summed E-state index contributed by atoms with van der Waals surface area (Å²) in [5, 5.41) is 15.7. The van der Waals surface area contributed by atoms with Gasteiger partial charge in [0.25, 0.3) is 0 Å². The van der Waals surface area contributed by atoms with Crippen LogP contribution >= 0.6 is 0 Å². The smallest absolute Gasteiger partial charge is 0.225 e. The molecule has 1 fully saturated rings. The van der Waals surface area contributed by atoms with Gasteiger partial charge < -0.3 is 5.32 Å². The Morgan fingerprint density at radius 1 is 1.39 bits per heavy atom. The normalized spacial score (nSPS) is 21.7. The third kappa shape index (κ3) is 5.38. The van der Waals surface area contributed by atoms with Gasteiger partial charge in [0.05, 0.1) is 19.0 Å². The average molecular weight is 316 g/mol. The van der Waals surface area contributed by atoms with Gasteiger partial charge in [-0.1, -0.05) is 20.8 Å². The van der Waals surface area contributed by atoms with Gasteiger partial charge in [0.15, 0.2) is 5.82 Å². The fraction of sp³-hybridized carbons (Fsp3) is 0.722. The molecule has 1 amide bonds. The van der Waals surface area contributed by atoms with Gasteiger partial charge in [0.1, 0.15) is 0 Å². The number of amides is 1. The van der Waals surface area contributed by atoms with Crippen LogP contribution in [0.1, 0.15) is 59.3 Å². The number of hydrogen-bond acceptors (Lipinski definition) is 3. The van der Waals surface area contributed by atoms with Crippen molar-refractivity contribution in [1.29, 1.82) is 5.26 Å². The first-order chi connectivity index (χ1) is 10.9. The van der Waals surface area contributed by atoms with Crippen molar-refractivity contribution in [2.24, 2.45) is 17.3 Å². The molecule has 126 valence electrons. The van der Waals surface area contributed by atoms with Crippen molar-refractivity contribution in [3.63, 3.8) is 0 Å². The van der Waals surface area contributed by atoms with Gasteiger partial charge in [0.2, 0.25) is 5.91 Å². The zero-order valence-electron chi connectivity index (χ0n) is 14.5. The third-order valence-electron chi connectivity index (χ3n) is 4.91. The lowest BCUT2D eigenvalue weighted by Crippen LogP contribution is -2.27. The number of anilines is 1. The highest BCUT2D eigenvalue weighted by atomic mass is 16.1. The Hall–Kier alpha value is -1.83. The number of nitrogens with zero attached hydrogens (tertiary/aromatic N) is 3. The molecule has 23 heavy (non-hydrogen) atoms. The minimum absolute atomic E-state index is 0.0507. The van der Waals surface area contributed by atoms with E-state index in [1.807, 2.05) is 0 Å². The van der Waals surface area contributed by atoms with Crippen LogP contribution in [0.15, 0.2) is 12.3 Å². The van der Waals surface area contributed by atoms with E-state index >= 15 is 0 Å². The molecule has 1 aliphatic carbocycles. The molecule has 0 radical (unpaired) electrons. The van der Waals surface area contributed by atoms with E-state index in [1.54, 1.807) is 16.9 Å². The standard InChI is InChI=1S/C18H28N4O/c1-18(2,3)15-7-5-14(6-8-15)13-17(23)20-16-9-12-22(21-16)11-4-10-19/h9,12,14-15H,4-8,11,13H2,1-3H3,(H,20,21,23). The highest BCUT2D eigenvalue weighted by molar-refractivity contribution is 5.89. The Bertz CT molecular complexity index is 556. The van der Waals surface area contributed by atoms with Crippen LogP contribution in [-0.2, 0) is 11.3 Å². The van der Waals surface area contributed by atoms with Crippen LogP contribution in [-0.4, -0.2) is 15.7 Å².